The van der Waals surface area contributed by atoms with Crippen LogP contribution in [-0.2, 0) is 0 Å². The van der Waals surface area contributed by atoms with Gasteiger partial charge >= 0.3 is 71.1 Å². The Labute approximate surface area is 245 Å². The second kappa shape index (κ2) is 12.5. The molecule has 174 valence electrons. The molecule has 2 heterocycles. The van der Waals surface area contributed by atoms with Crippen LogP contribution in [0.15, 0.2) is 67.0 Å². The average molecular weight is 514 g/mol. The van der Waals surface area contributed by atoms with Crippen LogP contribution >= 0.6 is 0 Å². The fourth-order valence-corrected chi connectivity index (χ4v) is 3.23. The normalized spacial score (nSPS) is 10.5. The van der Waals surface area contributed by atoms with Crippen molar-refractivity contribution in [3.05, 3.63) is 80.5 Å². The van der Waals surface area contributed by atoms with Gasteiger partial charge in [0.25, 0.3) is 0 Å². The molecule has 0 spiro atoms. The molecule has 0 saturated heterocycles. The summed E-state index contributed by atoms with van der Waals surface area (Å²) in [6.45, 7) is -0.608. The number of aliphatic hydroxyl groups is 1. The molecule has 0 aliphatic carbocycles. The van der Waals surface area contributed by atoms with Gasteiger partial charge in [0.1, 0.15) is 52.8 Å². The number of hydrogen-bond donors (Lipinski definition) is 3. The SMILES string of the molecule is O=C(O)c1cc(=O)c2c(OCC(O)COc3cccc4oc(C(=O)O)cc(=O)c34)cccc2o1.[Na+].[Na+]. The molecule has 0 amide bonds. The van der Waals surface area contributed by atoms with Crippen molar-refractivity contribution in [2.45, 2.75) is 6.10 Å². The second-order valence-corrected chi connectivity index (χ2v) is 7.09. The van der Waals surface area contributed by atoms with Gasteiger partial charge in [-0.15, -0.1) is 0 Å². The molecule has 0 saturated carbocycles. The summed E-state index contributed by atoms with van der Waals surface area (Å²) in [5.74, 6) is -3.65. The van der Waals surface area contributed by atoms with E-state index in [0.29, 0.717) is 0 Å². The summed E-state index contributed by atoms with van der Waals surface area (Å²) in [6.07, 6.45) is -1.19. The molecule has 4 rings (SSSR count). The number of fused-ring (bicyclic) bond motifs is 2. The van der Waals surface area contributed by atoms with Crippen molar-refractivity contribution in [1.82, 2.24) is 0 Å². The Morgan fingerprint density at radius 3 is 1.50 bits per heavy atom. The van der Waals surface area contributed by atoms with Crippen LogP contribution in [0.2, 0.25) is 0 Å². The molecule has 0 aliphatic heterocycles. The summed E-state index contributed by atoms with van der Waals surface area (Å²) >= 11 is 0. The summed E-state index contributed by atoms with van der Waals surface area (Å²) in [5.41, 5.74) is -1.22. The van der Waals surface area contributed by atoms with E-state index in [2.05, 4.69) is 0 Å². The summed E-state index contributed by atoms with van der Waals surface area (Å²) in [7, 11) is 0. The summed E-state index contributed by atoms with van der Waals surface area (Å²) in [5, 5.41) is 28.4. The van der Waals surface area contributed by atoms with Gasteiger partial charge < -0.3 is 33.6 Å². The van der Waals surface area contributed by atoms with Crippen molar-refractivity contribution in [2.24, 2.45) is 0 Å². The molecular formula is C23H16Na2O11+2. The smallest absolute Gasteiger partial charge is 0.490 e. The molecule has 0 atom stereocenters. The summed E-state index contributed by atoms with van der Waals surface area (Å²) in [4.78, 5) is 46.8. The molecule has 0 fully saturated rings. The van der Waals surface area contributed by atoms with Gasteiger partial charge in [0, 0.05) is 12.1 Å². The zero-order valence-corrected chi connectivity index (χ0v) is 23.2. The molecule has 2 aromatic carbocycles. The van der Waals surface area contributed by atoms with E-state index < -0.39 is 40.4 Å². The number of benzene rings is 2. The Morgan fingerprint density at radius 2 is 1.14 bits per heavy atom. The minimum absolute atomic E-state index is 0. The maximum Gasteiger partial charge on any atom is 1.00 e. The van der Waals surface area contributed by atoms with Crippen LogP contribution in [0.5, 0.6) is 11.5 Å². The van der Waals surface area contributed by atoms with Gasteiger partial charge in [-0.1, -0.05) is 12.1 Å². The topological polar surface area (TPSA) is 174 Å². The number of carboxylic acids is 2. The molecule has 13 heteroatoms. The van der Waals surface area contributed by atoms with E-state index in [0.717, 1.165) is 12.1 Å². The molecule has 4 aromatic rings. The van der Waals surface area contributed by atoms with Crippen LogP contribution in [0.25, 0.3) is 21.9 Å². The Bertz CT molecular complexity index is 1430. The first-order valence-electron chi connectivity index (χ1n) is 9.78. The van der Waals surface area contributed by atoms with E-state index in [4.69, 9.17) is 28.5 Å². The van der Waals surface area contributed by atoms with Crippen LogP contribution in [0, 0.1) is 0 Å². The maximum absolute atomic E-state index is 12.3. The van der Waals surface area contributed by atoms with Crippen molar-refractivity contribution >= 4 is 33.9 Å². The Morgan fingerprint density at radius 1 is 0.750 bits per heavy atom. The van der Waals surface area contributed by atoms with Crippen molar-refractivity contribution in [2.75, 3.05) is 13.2 Å². The number of rotatable bonds is 8. The molecule has 11 nitrogen and oxygen atoms in total. The zero-order valence-electron chi connectivity index (χ0n) is 19.2. The van der Waals surface area contributed by atoms with Crippen molar-refractivity contribution in [3.8, 4) is 11.5 Å². The monoisotopic (exact) mass is 514 g/mol. The fourth-order valence-electron chi connectivity index (χ4n) is 3.23. The third-order valence-electron chi connectivity index (χ3n) is 4.72. The third-order valence-corrected chi connectivity index (χ3v) is 4.72. The fraction of sp³-hybridized carbons (Fsp3) is 0.130. The van der Waals surface area contributed by atoms with Gasteiger partial charge in [0.15, 0.2) is 10.9 Å². The van der Waals surface area contributed by atoms with Gasteiger partial charge in [0.2, 0.25) is 11.5 Å². The number of aromatic carboxylic acids is 2. The van der Waals surface area contributed by atoms with E-state index in [-0.39, 0.29) is 106 Å². The predicted molar refractivity (Wildman–Crippen MR) is 116 cm³/mol. The van der Waals surface area contributed by atoms with Gasteiger partial charge in [-0.25, -0.2) is 9.59 Å². The van der Waals surface area contributed by atoms with E-state index >= 15 is 0 Å². The maximum atomic E-state index is 12.3. The first kappa shape index (κ1) is 29.6. The van der Waals surface area contributed by atoms with Crippen LogP contribution < -0.4 is 79.4 Å². The first-order chi connectivity index (χ1) is 16.2. The van der Waals surface area contributed by atoms with E-state index in [1.165, 1.54) is 36.4 Å². The average Bonchev–Trinajstić information content (AvgIpc) is 2.80. The Hall–Kier alpha value is -2.64. The van der Waals surface area contributed by atoms with Gasteiger partial charge in [-0.05, 0) is 24.3 Å². The van der Waals surface area contributed by atoms with Gasteiger partial charge in [-0.3, -0.25) is 9.59 Å². The quantitative estimate of drug-likeness (QED) is 0.196. The molecule has 36 heavy (non-hydrogen) atoms. The third kappa shape index (κ3) is 6.37. The molecule has 0 unspecified atom stereocenters. The Balaban J connectivity index is 0.00000228. The van der Waals surface area contributed by atoms with Crippen molar-refractivity contribution in [1.29, 1.82) is 0 Å². The first-order valence-corrected chi connectivity index (χ1v) is 9.78. The van der Waals surface area contributed by atoms with Crippen LogP contribution in [-0.4, -0.2) is 46.6 Å². The molecule has 0 aliphatic rings. The van der Waals surface area contributed by atoms with Gasteiger partial charge in [0.05, 0.1) is 0 Å². The largest absolute Gasteiger partial charge is 1.00 e. The van der Waals surface area contributed by atoms with Gasteiger partial charge in [-0.2, -0.15) is 0 Å². The van der Waals surface area contributed by atoms with E-state index in [1.807, 2.05) is 0 Å². The number of aliphatic hydroxyl groups excluding tert-OH is 1. The Kier molecular flexibility index (Phi) is 10.3. The van der Waals surface area contributed by atoms with E-state index in [9.17, 15) is 24.3 Å². The molecule has 2 aromatic heterocycles. The zero-order chi connectivity index (χ0) is 24.4. The van der Waals surface area contributed by atoms with Crippen LogP contribution in [0.3, 0.4) is 0 Å². The summed E-state index contributed by atoms with van der Waals surface area (Å²) in [6, 6.07) is 10.4. The minimum Gasteiger partial charge on any atom is -0.490 e. The number of ether oxygens (including phenoxy) is 2. The van der Waals surface area contributed by atoms with E-state index in [1.54, 1.807) is 0 Å². The number of carboxylic acid groups (broad SMARTS) is 2. The predicted octanol–water partition coefficient (Wildman–Crippen LogP) is -3.88. The molecule has 0 radical (unpaired) electrons. The van der Waals surface area contributed by atoms with Crippen LogP contribution in [0.4, 0.5) is 0 Å². The number of carbonyl (C=O) groups is 2. The molecular weight excluding hydrogens is 498 g/mol. The van der Waals surface area contributed by atoms with Crippen molar-refractivity contribution < 1.29 is 102 Å². The standard InChI is InChI=1S/C23H16O11.2Na/c24-11(9-31-14-3-1-5-16-20(14)12(25)7-18(33-16)22(27)28)10-32-15-4-2-6-17-21(15)13(26)8-19(34-17)23(29)30;;/h1-8,11,24H,9-10H2,(H,27,28)(H,29,30);;/q;2*+1. The number of hydrogen-bond acceptors (Lipinski definition) is 9. The molecule has 3 N–H and O–H groups in total. The van der Waals surface area contributed by atoms with Crippen LogP contribution in [0.1, 0.15) is 21.1 Å². The second-order valence-electron chi connectivity index (χ2n) is 7.09. The molecule has 0 bridgehead atoms. The minimum atomic E-state index is -1.39. The summed E-state index contributed by atoms with van der Waals surface area (Å²) < 4.78 is 21.4. The van der Waals surface area contributed by atoms with Crippen molar-refractivity contribution in [3.63, 3.8) is 0 Å².